The van der Waals surface area contributed by atoms with Crippen molar-refractivity contribution in [2.75, 3.05) is 7.11 Å². The molecule has 0 saturated heterocycles. The second kappa shape index (κ2) is 10.4. The Kier molecular flexibility index (Phi) is 7.08. The van der Waals surface area contributed by atoms with E-state index in [0.717, 1.165) is 28.3 Å². The first-order chi connectivity index (χ1) is 16.9. The maximum atomic E-state index is 13.2. The summed E-state index contributed by atoms with van der Waals surface area (Å²) < 4.78 is 7.43. The molecule has 1 amide bonds. The standard InChI is InChI=1S/C28H28N4O3/c1-20-16-21(2)32(31-20)19-23-17-22(14-15-26(23)35-3)18-29-30-27(33)28(34,24-10-6-4-7-11-24)25-12-8-5-9-13-25/h4-18,34H,19H2,1-3H3,(H,30,33). The van der Waals surface area contributed by atoms with Crippen LogP contribution in [0.2, 0.25) is 0 Å². The molecule has 1 heterocycles. The normalized spacial score (nSPS) is 11.5. The first-order valence-electron chi connectivity index (χ1n) is 11.3. The van der Waals surface area contributed by atoms with Crippen LogP contribution in [0.5, 0.6) is 5.75 Å². The average Bonchev–Trinajstić information content (AvgIpc) is 3.20. The SMILES string of the molecule is COc1ccc(C=NNC(=O)C(O)(c2ccccc2)c2ccccc2)cc1Cn1nc(C)cc1C. The number of aromatic nitrogens is 2. The topological polar surface area (TPSA) is 88.7 Å². The summed E-state index contributed by atoms with van der Waals surface area (Å²) in [7, 11) is 1.63. The van der Waals surface area contributed by atoms with E-state index in [0.29, 0.717) is 17.7 Å². The predicted octanol–water partition coefficient (Wildman–Crippen LogP) is 3.94. The summed E-state index contributed by atoms with van der Waals surface area (Å²) in [6.07, 6.45) is 1.54. The molecule has 0 aliphatic carbocycles. The molecule has 35 heavy (non-hydrogen) atoms. The molecule has 0 aliphatic rings. The van der Waals surface area contributed by atoms with Crippen LogP contribution in [0.4, 0.5) is 0 Å². The first-order valence-corrected chi connectivity index (χ1v) is 11.3. The van der Waals surface area contributed by atoms with Gasteiger partial charge in [0.25, 0.3) is 5.91 Å². The van der Waals surface area contributed by atoms with Crippen molar-refractivity contribution < 1.29 is 14.6 Å². The summed E-state index contributed by atoms with van der Waals surface area (Å²) in [6.45, 7) is 4.51. The molecule has 0 radical (unpaired) electrons. The summed E-state index contributed by atoms with van der Waals surface area (Å²) in [5.74, 6) is 0.0868. The Morgan fingerprint density at radius 1 is 1.03 bits per heavy atom. The van der Waals surface area contributed by atoms with Crippen molar-refractivity contribution in [1.82, 2.24) is 15.2 Å². The number of aryl methyl sites for hydroxylation is 2. The fourth-order valence-corrected chi connectivity index (χ4v) is 4.03. The third-order valence-electron chi connectivity index (χ3n) is 5.82. The number of benzene rings is 3. The van der Waals surface area contributed by atoms with Crippen LogP contribution < -0.4 is 10.2 Å². The van der Waals surface area contributed by atoms with Gasteiger partial charge in [0.05, 0.1) is 25.6 Å². The van der Waals surface area contributed by atoms with E-state index in [-0.39, 0.29) is 0 Å². The van der Waals surface area contributed by atoms with E-state index >= 15 is 0 Å². The number of hydrogen-bond acceptors (Lipinski definition) is 5. The van der Waals surface area contributed by atoms with Crippen LogP contribution in [0.1, 0.15) is 33.6 Å². The number of carbonyl (C=O) groups excluding carboxylic acids is 1. The van der Waals surface area contributed by atoms with Crippen molar-refractivity contribution in [2.24, 2.45) is 5.10 Å². The smallest absolute Gasteiger partial charge is 0.281 e. The number of hydrogen-bond donors (Lipinski definition) is 2. The highest BCUT2D eigenvalue weighted by Crippen LogP contribution is 2.30. The molecule has 0 atom stereocenters. The van der Waals surface area contributed by atoms with Gasteiger partial charge in [-0.25, -0.2) is 5.43 Å². The molecule has 3 aromatic carbocycles. The molecular weight excluding hydrogens is 440 g/mol. The van der Waals surface area contributed by atoms with Gasteiger partial charge < -0.3 is 9.84 Å². The Morgan fingerprint density at radius 3 is 2.20 bits per heavy atom. The molecule has 1 aromatic heterocycles. The number of nitrogens with one attached hydrogen (secondary N) is 1. The van der Waals surface area contributed by atoms with E-state index in [4.69, 9.17) is 4.74 Å². The van der Waals surface area contributed by atoms with Gasteiger partial charge in [0.15, 0.2) is 5.60 Å². The molecule has 4 aromatic rings. The highest BCUT2D eigenvalue weighted by molar-refractivity contribution is 5.91. The number of ether oxygens (including phenoxy) is 1. The summed E-state index contributed by atoms with van der Waals surface area (Å²) in [5, 5.41) is 20.2. The minimum Gasteiger partial charge on any atom is -0.496 e. The number of nitrogens with zero attached hydrogens (tertiary/aromatic N) is 3. The average molecular weight is 469 g/mol. The van der Waals surface area contributed by atoms with Crippen LogP contribution in [0.3, 0.4) is 0 Å². The highest BCUT2D eigenvalue weighted by atomic mass is 16.5. The van der Waals surface area contributed by atoms with Gasteiger partial charge in [-0.3, -0.25) is 9.48 Å². The summed E-state index contributed by atoms with van der Waals surface area (Å²) in [4.78, 5) is 13.2. The fourth-order valence-electron chi connectivity index (χ4n) is 4.03. The lowest BCUT2D eigenvalue weighted by atomic mass is 9.85. The molecule has 178 valence electrons. The molecule has 0 bridgehead atoms. The lowest BCUT2D eigenvalue weighted by molar-refractivity contribution is -0.136. The number of rotatable bonds is 8. The summed E-state index contributed by atoms with van der Waals surface area (Å²) in [5.41, 5.74) is 5.23. The van der Waals surface area contributed by atoms with Crippen LogP contribution in [0, 0.1) is 13.8 Å². The molecule has 7 heteroatoms. The zero-order valence-corrected chi connectivity index (χ0v) is 20.0. The molecule has 7 nitrogen and oxygen atoms in total. The quantitative estimate of drug-likeness (QED) is 0.303. The molecule has 0 fully saturated rings. The van der Waals surface area contributed by atoms with Crippen LogP contribution in [0.15, 0.2) is 90.0 Å². The van der Waals surface area contributed by atoms with Gasteiger partial charge >= 0.3 is 0 Å². The van der Waals surface area contributed by atoms with Crippen LogP contribution >= 0.6 is 0 Å². The van der Waals surface area contributed by atoms with Gasteiger partial charge in [-0.1, -0.05) is 60.7 Å². The number of hydrazone groups is 1. The second-order valence-corrected chi connectivity index (χ2v) is 8.30. The molecule has 4 rings (SSSR count). The molecule has 0 unspecified atom stereocenters. The van der Waals surface area contributed by atoms with Crippen molar-refractivity contribution in [3.63, 3.8) is 0 Å². The van der Waals surface area contributed by atoms with E-state index in [2.05, 4.69) is 15.6 Å². The maximum Gasteiger partial charge on any atom is 0.281 e. The van der Waals surface area contributed by atoms with E-state index in [9.17, 15) is 9.90 Å². The lowest BCUT2D eigenvalue weighted by Gasteiger charge is -2.27. The van der Waals surface area contributed by atoms with E-state index < -0.39 is 11.5 Å². The molecule has 0 aliphatic heterocycles. The molecule has 0 spiro atoms. The van der Waals surface area contributed by atoms with Gasteiger partial charge in [-0.05, 0) is 54.8 Å². The van der Waals surface area contributed by atoms with E-state index in [1.54, 1.807) is 61.9 Å². The number of aliphatic hydroxyl groups is 1. The van der Waals surface area contributed by atoms with Gasteiger partial charge in [0.2, 0.25) is 0 Å². The van der Waals surface area contributed by atoms with Crippen molar-refractivity contribution in [3.05, 3.63) is 119 Å². The zero-order chi connectivity index (χ0) is 24.8. The maximum absolute atomic E-state index is 13.2. The summed E-state index contributed by atoms with van der Waals surface area (Å²) >= 11 is 0. The Hall–Kier alpha value is -4.23. The van der Waals surface area contributed by atoms with E-state index in [1.165, 1.54) is 0 Å². The van der Waals surface area contributed by atoms with Crippen LogP contribution in [-0.2, 0) is 16.9 Å². The number of amides is 1. The van der Waals surface area contributed by atoms with Crippen molar-refractivity contribution in [1.29, 1.82) is 0 Å². The molecule has 2 N–H and O–H groups in total. The summed E-state index contributed by atoms with van der Waals surface area (Å²) in [6, 6.07) is 25.3. The van der Waals surface area contributed by atoms with Gasteiger partial charge in [0, 0.05) is 11.3 Å². The third-order valence-corrected chi connectivity index (χ3v) is 5.82. The predicted molar refractivity (Wildman–Crippen MR) is 135 cm³/mol. The van der Waals surface area contributed by atoms with Crippen molar-refractivity contribution >= 4 is 12.1 Å². The van der Waals surface area contributed by atoms with Crippen LogP contribution in [0.25, 0.3) is 0 Å². The van der Waals surface area contributed by atoms with Gasteiger partial charge in [-0.2, -0.15) is 10.2 Å². The molecule has 0 saturated carbocycles. The monoisotopic (exact) mass is 468 g/mol. The third kappa shape index (κ3) is 5.15. The number of carbonyl (C=O) groups is 1. The zero-order valence-electron chi connectivity index (χ0n) is 20.0. The Morgan fingerprint density at radius 2 is 1.66 bits per heavy atom. The Bertz CT molecular complexity index is 1290. The van der Waals surface area contributed by atoms with Crippen LogP contribution in [-0.4, -0.2) is 34.1 Å². The first kappa shape index (κ1) is 23.9. The van der Waals surface area contributed by atoms with Gasteiger partial charge in [-0.15, -0.1) is 0 Å². The second-order valence-electron chi connectivity index (χ2n) is 8.30. The van der Waals surface area contributed by atoms with Crippen molar-refractivity contribution in [3.8, 4) is 5.75 Å². The lowest BCUT2D eigenvalue weighted by Crippen LogP contribution is -2.43. The number of methoxy groups -OCH3 is 1. The van der Waals surface area contributed by atoms with E-state index in [1.807, 2.05) is 54.9 Å². The largest absolute Gasteiger partial charge is 0.496 e. The minimum atomic E-state index is -1.89. The van der Waals surface area contributed by atoms with Gasteiger partial charge in [0.1, 0.15) is 5.75 Å². The highest BCUT2D eigenvalue weighted by Gasteiger charge is 2.39. The Labute approximate surface area is 204 Å². The molecular formula is C28H28N4O3. The minimum absolute atomic E-state index is 0.454. The fraction of sp³-hybridized carbons (Fsp3) is 0.179. The van der Waals surface area contributed by atoms with Crippen molar-refractivity contribution in [2.45, 2.75) is 26.0 Å². The Balaban J connectivity index is 1.57.